The molecular formula is C34H35F3N4O4. The minimum Gasteiger partial charge on any atom is -0.469 e. The van der Waals surface area contributed by atoms with Crippen LogP contribution in [0.1, 0.15) is 78.5 Å². The molecule has 2 aromatic heterocycles. The van der Waals surface area contributed by atoms with Crippen LogP contribution >= 0.6 is 0 Å². The van der Waals surface area contributed by atoms with Crippen LogP contribution in [0.3, 0.4) is 0 Å². The highest BCUT2D eigenvalue weighted by atomic mass is 19.4. The maximum Gasteiger partial charge on any atom is 0.454 e. The molecule has 3 atom stereocenters. The number of alkyl halides is 3. The molecule has 1 unspecified atom stereocenters. The van der Waals surface area contributed by atoms with Crippen molar-refractivity contribution in [1.29, 1.82) is 0 Å². The van der Waals surface area contributed by atoms with E-state index in [9.17, 15) is 27.6 Å². The van der Waals surface area contributed by atoms with Gasteiger partial charge in [-0.15, -0.1) is 0 Å². The molecule has 8 bridgehead atoms. The first-order valence-corrected chi connectivity index (χ1v) is 15.2. The van der Waals surface area contributed by atoms with Gasteiger partial charge >= 0.3 is 12.1 Å². The summed E-state index contributed by atoms with van der Waals surface area (Å²) in [5.41, 5.74) is 7.23. The largest absolute Gasteiger partial charge is 0.469 e. The van der Waals surface area contributed by atoms with Crippen LogP contribution < -0.4 is 10.7 Å². The Labute approximate surface area is 257 Å². The summed E-state index contributed by atoms with van der Waals surface area (Å²) in [4.78, 5) is 54.9. The standard InChI is InChI=1S/C34H35F3N4O4/c1-7-18-14(2)21-13-26-29(33(44)34(35,36)37)16(4)23(39-26)11-22-15(3)19(8-9-28(43)45-6)31(40-22)20-10-27(42)30-17(5)24(41-32(20)30)12-25(18)38-21/h11,13,15,19,24,38-39H,7-10,12H2,1-6H3/b23-11?,26-13?,31-20-/t15-,19-,24?/m0/s1. The number of nitrogens with one attached hydrogen (secondary N) is 2. The first kappa shape index (κ1) is 30.7. The highest BCUT2D eigenvalue weighted by Gasteiger charge is 2.44. The number of allylic oxidation sites excluding steroid dienone is 3. The molecule has 0 radical (unpaired) electrons. The zero-order chi connectivity index (χ0) is 32.5. The molecule has 0 spiro atoms. The van der Waals surface area contributed by atoms with Crippen molar-refractivity contribution in [3.05, 3.63) is 66.8 Å². The van der Waals surface area contributed by atoms with Crippen LogP contribution in [-0.2, 0) is 27.2 Å². The molecule has 3 aliphatic heterocycles. The van der Waals surface area contributed by atoms with Crippen LogP contribution in [0.2, 0.25) is 0 Å². The molecule has 0 saturated heterocycles. The van der Waals surface area contributed by atoms with E-state index in [0.29, 0.717) is 53.0 Å². The van der Waals surface area contributed by atoms with Crippen LogP contribution in [0.5, 0.6) is 0 Å². The average molecular weight is 621 g/mol. The van der Waals surface area contributed by atoms with Gasteiger partial charge in [0.05, 0.1) is 35.5 Å². The first-order valence-electron chi connectivity index (χ1n) is 15.2. The Balaban J connectivity index is 1.66. The lowest BCUT2D eigenvalue weighted by molar-refractivity contribution is -0.140. The van der Waals surface area contributed by atoms with Crippen molar-refractivity contribution in [2.75, 3.05) is 7.11 Å². The van der Waals surface area contributed by atoms with Gasteiger partial charge in [0.25, 0.3) is 5.78 Å². The van der Waals surface area contributed by atoms with Crippen LogP contribution in [0.25, 0.3) is 12.2 Å². The molecule has 11 heteroatoms. The summed E-state index contributed by atoms with van der Waals surface area (Å²) in [6, 6.07) is -0.303. The normalized spacial score (nSPS) is 24.0. The molecule has 1 saturated carbocycles. The Kier molecular flexibility index (Phi) is 7.48. The summed E-state index contributed by atoms with van der Waals surface area (Å²) < 4.78 is 46.5. The zero-order valence-electron chi connectivity index (χ0n) is 26.1. The third kappa shape index (κ3) is 4.96. The summed E-state index contributed by atoms with van der Waals surface area (Å²) in [6.07, 6.45) is 0.00233. The van der Waals surface area contributed by atoms with Gasteiger partial charge in [-0.25, -0.2) is 0 Å². The SMILES string of the molecule is CCc1c2[nH]c(c1C)C=c1[nH]c(c(C)c1C(=O)C(F)(F)F)=CC1=N/C(=C3/CC(=O)C4=C(C)C(C2)N=C43)[C@@H](CCC(=O)OC)[C@@H]1C. The summed E-state index contributed by atoms with van der Waals surface area (Å²) in [7, 11) is 1.33. The van der Waals surface area contributed by atoms with Gasteiger partial charge in [0, 0.05) is 64.7 Å². The van der Waals surface area contributed by atoms with Gasteiger partial charge < -0.3 is 14.7 Å². The fraction of sp³-hybridized carbons (Fsp3) is 0.441. The number of aromatic amines is 2. The van der Waals surface area contributed by atoms with E-state index in [1.54, 1.807) is 12.2 Å². The second kappa shape index (κ2) is 11.0. The molecule has 0 amide bonds. The Morgan fingerprint density at radius 1 is 1.09 bits per heavy atom. The van der Waals surface area contributed by atoms with E-state index in [4.69, 9.17) is 14.7 Å². The highest BCUT2D eigenvalue weighted by molar-refractivity contribution is 6.37. The molecule has 2 N–H and O–H groups in total. The van der Waals surface area contributed by atoms with E-state index >= 15 is 0 Å². The van der Waals surface area contributed by atoms with E-state index in [-0.39, 0.29) is 53.4 Å². The predicted molar refractivity (Wildman–Crippen MR) is 164 cm³/mol. The Morgan fingerprint density at radius 3 is 2.49 bits per heavy atom. The van der Waals surface area contributed by atoms with Crippen molar-refractivity contribution >= 4 is 41.1 Å². The highest BCUT2D eigenvalue weighted by Crippen LogP contribution is 2.44. The van der Waals surface area contributed by atoms with Gasteiger partial charge in [0.15, 0.2) is 5.78 Å². The summed E-state index contributed by atoms with van der Waals surface area (Å²) in [5, 5.41) is 0.393. The van der Waals surface area contributed by atoms with Crippen LogP contribution in [0.4, 0.5) is 13.2 Å². The number of H-pyrrole nitrogens is 2. The quantitative estimate of drug-likeness (QED) is 0.379. The number of halogens is 3. The summed E-state index contributed by atoms with van der Waals surface area (Å²) in [5.74, 6) is -2.82. The van der Waals surface area contributed by atoms with Crippen molar-refractivity contribution in [2.45, 2.75) is 78.9 Å². The second-order valence-corrected chi connectivity index (χ2v) is 12.3. The molecule has 5 heterocycles. The molecule has 0 aromatic carbocycles. The Morgan fingerprint density at radius 2 is 1.82 bits per heavy atom. The molecule has 1 aliphatic carbocycles. The molecular weight excluding hydrogens is 585 g/mol. The number of carbonyl (C=O) groups is 3. The fourth-order valence-electron chi connectivity index (χ4n) is 7.31. The van der Waals surface area contributed by atoms with E-state index in [2.05, 4.69) is 9.97 Å². The molecule has 2 aromatic rings. The third-order valence-electron chi connectivity index (χ3n) is 9.83. The van der Waals surface area contributed by atoms with Crippen molar-refractivity contribution < 1.29 is 32.3 Å². The van der Waals surface area contributed by atoms with Gasteiger partial charge in [0.2, 0.25) is 0 Å². The monoisotopic (exact) mass is 620 g/mol. The zero-order valence-corrected chi connectivity index (χ0v) is 26.1. The lowest BCUT2D eigenvalue weighted by atomic mass is 9.85. The van der Waals surface area contributed by atoms with Gasteiger partial charge in [-0.1, -0.05) is 13.8 Å². The number of esters is 1. The molecule has 45 heavy (non-hydrogen) atoms. The summed E-state index contributed by atoms with van der Waals surface area (Å²) in [6.45, 7) is 9.28. The number of aromatic nitrogens is 2. The number of hydrogen-bond acceptors (Lipinski definition) is 6. The van der Waals surface area contributed by atoms with Crippen LogP contribution in [0.15, 0.2) is 32.4 Å². The van der Waals surface area contributed by atoms with Crippen LogP contribution in [0, 0.1) is 25.7 Å². The van der Waals surface area contributed by atoms with Crippen molar-refractivity contribution in [2.24, 2.45) is 21.8 Å². The number of hydrogen-bond donors (Lipinski definition) is 2. The number of carbonyl (C=O) groups excluding carboxylic acids is 3. The number of ketones is 2. The number of methoxy groups -OCH3 is 1. The van der Waals surface area contributed by atoms with E-state index in [1.807, 2.05) is 27.7 Å². The maximum absolute atomic E-state index is 13.9. The number of ether oxygens (including phenoxy) is 1. The van der Waals surface area contributed by atoms with Gasteiger partial charge in [0.1, 0.15) is 0 Å². The maximum atomic E-state index is 13.9. The first-order chi connectivity index (χ1) is 21.2. The van der Waals surface area contributed by atoms with Gasteiger partial charge in [-0.2, -0.15) is 13.2 Å². The van der Waals surface area contributed by atoms with E-state index in [0.717, 1.165) is 28.0 Å². The molecule has 8 nitrogen and oxygen atoms in total. The summed E-state index contributed by atoms with van der Waals surface area (Å²) >= 11 is 0. The minimum absolute atomic E-state index is 0.0167. The lowest BCUT2D eigenvalue weighted by Gasteiger charge is -2.18. The molecule has 236 valence electrons. The Bertz CT molecular complexity index is 1930. The molecule has 4 aliphatic rings. The fourth-order valence-corrected chi connectivity index (χ4v) is 7.31. The number of rotatable bonds is 5. The van der Waals surface area contributed by atoms with Gasteiger partial charge in [-0.05, 0) is 68.0 Å². The van der Waals surface area contributed by atoms with Crippen LogP contribution in [-0.4, -0.2) is 58.3 Å². The number of Topliss-reactive ketones (excluding diaryl/α,β-unsaturated/α-hetero) is 2. The lowest BCUT2D eigenvalue weighted by Crippen LogP contribution is -2.28. The minimum atomic E-state index is -5.07. The molecule has 1 fully saturated rings. The number of nitrogens with zero attached hydrogens (tertiary/aromatic N) is 2. The smallest absolute Gasteiger partial charge is 0.454 e. The van der Waals surface area contributed by atoms with E-state index < -0.39 is 17.5 Å². The van der Waals surface area contributed by atoms with Crippen molar-refractivity contribution in [3.8, 4) is 0 Å². The van der Waals surface area contributed by atoms with Gasteiger partial charge in [-0.3, -0.25) is 24.4 Å². The molecule has 6 rings (SSSR count). The number of fused-ring (bicyclic) bond motifs is 6. The van der Waals surface area contributed by atoms with E-state index in [1.165, 1.54) is 14.0 Å². The predicted octanol–water partition coefficient (Wildman–Crippen LogP) is 4.46. The number of aliphatic imine (C=N–C) groups is 2. The second-order valence-electron chi connectivity index (χ2n) is 12.3. The van der Waals surface area contributed by atoms with Crippen molar-refractivity contribution in [3.63, 3.8) is 0 Å². The van der Waals surface area contributed by atoms with Crippen molar-refractivity contribution in [1.82, 2.24) is 9.97 Å². The third-order valence-corrected chi connectivity index (χ3v) is 9.83. The average Bonchev–Trinajstić information content (AvgIpc) is 3.73. The topological polar surface area (TPSA) is 117 Å². The Hall–Kier alpha value is -4.28.